The van der Waals surface area contributed by atoms with Gasteiger partial charge in [-0.2, -0.15) is 0 Å². The number of carbonyl (C=O) groups excluding carboxylic acids is 2. The molecule has 25 heavy (non-hydrogen) atoms. The Kier molecular flexibility index (Phi) is 2.85. The normalized spacial score (nSPS) is 39.4. The molecule has 0 radical (unpaired) electrons. The van der Waals surface area contributed by atoms with Crippen molar-refractivity contribution in [3.05, 3.63) is 34.7 Å². The van der Waals surface area contributed by atoms with Crippen molar-refractivity contribution in [2.75, 3.05) is 11.5 Å². The van der Waals surface area contributed by atoms with E-state index in [1.54, 1.807) is 42.1 Å². The minimum absolute atomic E-state index is 0.0438. The number of nitrogens with zero attached hydrogens (tertiary/aromatic N) is 3. The minimum atomic E-state index is -0.831. The lowest BCUT2D eigenvalue weighted by molar-refractivity contribution is -0.208. The van der Waals surface area contributed by atoms with Crippen molar-refractivity contribution >= 4 is 27.5 Å². The summed E-state index contributed by atoms with van der Waals surface area (Å²) in [5.41, 5.74) is -0.196. The standard InChI is InChI=1S/C18H21N3O3S/c1-18(2)17(23)20(15-13-7-4-8-25(13)10-14(15)25)21(18)16(22)11-5-3-6-12(9-11)19-24/h3,5-6,9,13-15H,4,7-8,10H2,1-2H3. The van der Waals surface area contributed by atoms with E-state index in [-0.39, 0.29) is 23.5 Å². The second kappa shape index (κ2) is 4.63. The predicted molar refractivity (Wildman–Crippen MR) is 96.9 cm³/mol. The largest absolute Gasteiger partial charge is 0.273 e. The topological polar surface area (TPSA) is 70.1 Å². The van der Waals surface area contributed by atoms with Crippen LogP contribution in [0, 0.1) is 4.91 Å². The zero-order valence-electron chi connectivity index (χ0n) is 14.3. The molecule has 0 N–H and O–H groups in total. The fraction of sp³-hybridized carbons (Fsp3) is 0.556. The van der Waals surface area contributed by atoms with Crippen LogP contribution in [0.4, 0.5) is 5.69 Å². The molecule has 0 bridgehead atoms. The maximum absolute atomic E-state index is 13.1. The highest BCUT2D eigenvalue weighted by atomic mass is 32.3. The highest BCUT2D eigenvalue weighted by molar-refractivity contribution is 8.42. The number of carbonyl (C=O) groups is 2. The third kappa shape index (κ3) is 1.72. The molecule has 7 heteroatoms. The summed E-state index contributed by atoms with van der Waals surface area (Å²) in [6, 6.07) is 6.61. The van der Waals surface area contributed by atoms with Crippen LogP contribution in [0.2, 0.25) is 0 Å². The van der Waals surface area contributed by atoms with Crippen LogP contribution < -0.4 is 0 Å². The van der Waals surface area contributed by atoms with E-state index in [2.05, 4.69) is 5.18 Å². The van der Waals surface area contributed by atoms with E-state index >= 15 is 0 Å². The van der Waals surface area contributed by atoms with Crippen molar-refractivity contribution in [3.8, 4) is 0 Å². The highest BCUT2D eigenvalue weighted by Gasteiger charge is 2.76. The van der Waals surface area contributed by atoms with Crippen LogP contribution in [0.3, 0.4) is 0 Å². The quantitative estimate of drug-likeness (QED) is 0.615. The second-order valence-corrected chi connectivity index (χ2v) is 12.0. The molecule has 1 aromatic rings. The molecule has 2 amide bonds. The van der Waals surface area contributed by atoms with Crippen LogP contribution in [-0.4, -0.2) is 55.4 Å². The maximum Gasteiger partial charge on any atom is 0.273 e. The van der Waals surface area contributed by atoms with Crippen molar-refractivity contribution in [1.29, 1.82) is 0 Å². The smallest absolute Gasteiger partial charge is 0.270 e. The molecule has 4 aliphatic rings. The average molecular weight is 359 g/mol. The van der Waals surface area contributed by atoms with Crippen LogP contribution >= 0.6 is 10.0 Å². The van der Waals surface area contributed by atoms with Gasteiger partial charge >= 0.3 is 0 Å². The molecular weight excluding hydrogens is 338 g/mol. The van der Waals surface area contributed by atoms with E-state index in [0.29, 0.717) is 16.1 Å². The van der Waals surface area contributed by atoms with Gasteiger partial charge in [-0.3, -0.25) is 9.59 Å². The lowest BCUT2D eigenvalue weighted by Crippen LogP contribution is -2.81. The summed E-state index contributed by atoms with van der Waals surface area (Å²) in [5, 5.41) is 7.58. The molecular formula is C18H21N3O3S. The van der Waals surface area contributed by atoms with Crippen molar-refractivity contribution < 1.29 is 9.59 Å². The zero-order chi connectivity index (χ0) is 17.6. The number of hydrogen-bond acceptors (Lipinski definition) is 4. The molecule has 0 saturated carbocycles. The third-order valence-corrected chi connectivity index (χ3v) is 11.5. The van der Waals surface area contributed by atoms with Gasteiger partial charge in [0.2, 0.25) is 0 Å². The van der Waals surface area contributed by atoms with Crippen molar-refractivity contribution in [2.45, 2.75) is 48.8 Å². The second-order valence-electron chi connectivity index (χ2n) is 8.05. The van der Waals surface area contributed by atoms with Crippen LogP contribution in [-0.2, 0) is 4.79 Å². The molecule has 132 valence electrons. The Hall–Kier alpha value is -1.89. The van der Waals surface area contributed by atoms with Crippen LogP contribution in [0.5, 0.6) is 0 Å². The Bertz CT molecular complexity index is 826. The fourth-order valence-electron chi connectivity index (χ4n) is 5.20. The SMILES string of the molecule is CC1(C)C(=O)N(C2C3CCCS34CC24)N1C(=O)c1cccc(N=O)c1. The summed E-state index contributed by atoms with van der Waals surface area (Å²) >= 11 is 0. The molecule has 5 rings (SSSR count). The summed E-state index contributed by atoms with van der Waals surface area (Å²) in [4.78, 5) is 36.7. The zero-order valence-corrected chi connectivity index (χ0v) is 15.2. The maximum atomic E-state index is 13.1. The van der Waals surface area contributed by atoms with E-state index in [4.69, 9.17) is 0 Å². The molecule has 4 fully saturated rings. The third-order valence-electron chi connectivity index (χ3n) is 6.49. The molecule has 0 aliphatic carbocycles. The molecule has 1 spiro atoms. The minimum Gasteiger partial charge on any atom is -0.270 e. The predicted octanol–water partition coefficient (Wildman–Crippen LogP) is 2.79. The van der Waals surface area contributed by atoms with Gasteiger partial charge in [-0.1, -0.05) is 6.07 Å². The Balaban J connectivity index is 1.47. The Morgan fingerprint density at radius 2 is 2.12 bits per heavy atom. The van der Waals surface area contributed by atoms with Crippen LogP contribution in [0.25, 0.3) is 0 Å². The van der Waals surface area contributed by atoms with Crippen LogP contribution in [0.15, 0.2) is 29.4 Å². The molecule has 1 aromatic carbocycles. The average Bonchev–Trinajstić information content (AvgIpc) is 3.07. The number of hydrogen-bond donors (Lipinski definition) is 0. The van der Waals surface area contributed by atoms with Gasteiger partial charge in [-0.25, -0.2) is 20.0 Å². The number of nitroso groups, excluding NO2 is 1. The van der Waals surface area contributed by atoms with Crippen molar-refractivity contribution in [1.82, 2.24) is 10.0 Å². The summed E-state index contributed by atoms with van der Waals surface area (Å²) in [7, 11) is -0.421. The molecule has 6 nitrogen and oxygen atoms in total. The Morgan fingerprint density at radius 3 is 2.88 bits per heavy atom. The number of amides is 2. The highest BCUT2D eigenvalue weighted by Crippen LogP contribution is 2.86. The Morgan fingerprint density at radius 1 is 1.32 bits per heavy atom. The van der Waals surface area contributed by atoms with Gasteiger partial charge in [0.15, 0.2) is 0 Å². The van der Waals surface area contributed by atoms with Crippen molar-refractivity contribution in [2.24, 2.45) is 5.18 Å². The van der Waals surface area contributed by atoms with E-state index in [1.807, 2.05) is 0 Å². The van der Waals surface area contributed by atoms with E-state index in [0.717, 1.165) is 0 Å². The van der Waals surface area contributed by atoms with Gasteiger partial charge in [-0.05, 0) is 61.6 Å². The lowest BCUT2D eigenvalue weighted by Gasteiger charge is -2.62. The molecule has 4 atom stereocenters. The first kappa shape index (κ1) is 15.4. The first-order chi connectivity index (χ1) is 11.9. The van der Waals surface area contributed by atoms with Gasteiger partial charge in [-0.15, -0.1) is 4.91 Å². The monoisotopic (exact) mass is 359 g/mol. The fourth-order valence-corrected chi connectivity index (χ4v) is 10.7. The summed E-state index contributed by atoms with van der Waals surface area (Å²) in [5.74, 6) is 2.48. The van der Waals surface area contributed by atoms with Crippen molar-refractivity contribution in [3.63, 3.8) is 0 Å². The van der Waals surface area contributed by atoms with Gasteiger partial charge in [0.25, 0.3) is 11.8 Å². The van der Waals surface area contributed by atoms with E-state index in [1.165, 1.54) is 30.4 Å². The first-order valence-corrected chi connectivity index (χ1v) is 10.9. The summed E-state index contributed by atoms with van der Waals surface area (Å²) in [6.45, 7) is 3.59. The summed E-state index contributed by atoms with van der Waals surface area (Å²) in [6.07, 6.45) is 2.48. The molecule has 4 aliphatic heterocycles. The summed E-state index contributed by atoms with van der Waals surface area (Å²) < 4.78 is 0. The van der Waals surface area contributed by atoms with E-state index < -0.39 is 15.6 Å². The lowest BCUT2D eigenvalue weighted by atomic mass is 9.92. The number of benzene rings is 1. The molecule has 4 saturated heterocycles. The number of hydrazine groups is 1. The van der Waals surface area contributed by atoms with Gasteiger partial charge in [0.05, 0.1) is 6.04 Å². The van der Waals surface area contributed by atoms with Gasteiger partial charge < -0.3 is 0 Å². The van der Waals surface area contributed by atoms with E-state index in [9.17, 15) is 14.5 Å². The van der Waals surface area contributed by atoms with Gasteiger partial charge in [0, 0.05) is 16.1 Å². The Labute approximate surface area is 147 Å². The molecule has 4 unspecified atom stereocenters. The van der Waals surface area contributed by atoms with Gasteiger partial charge in [0.1, 0.15) is 11.2 Å². The first-order valence-electron chi connectivity index (χ1n) is 8.80. The number of rotatable bonds is 3. The van der Waals surface area contributed by atoms with Crippen LogP contribution in [0.1, 0.15) is 37.0 Å². The molecule has 0 aromatic heterocycles. The molecule has 4 heterocycles.